The summed E-state index contributed by atoms with van der Waals surface area (Å²) in [4.78, 5) is 131. The number of hydrogen-bond donors (Lipinski definition) is 13. The number of nitrogens with two attached hydrogens (primary N) is 4. The molecule has 3 aliphatic heterocycles. The molecular formula is C75H101IN13O34P3. The lowest BCUT2D eigenvalue weighted by molar-refractivity contribution is -0.386. The highest BCUT2D eigenvalue weighted by Crippen LogP contribution is 2.66. The second-order valence-electron chi connectivity index (χ2n) is 31.8. The van der Waals surface area contributed by atoms with E-state index in [2.05, 4.69) is 51.8 Å². The number of ketones is 1. The van der Waals surface area contributed by atoms with E-state index < -0.39 is 165 Å². The number of halogens is 1. The molecule has 14 atom stereocenters. The monoisotopic (exact) mass is 1950 g/mol. The standard InChI is InChI=1S/C28H36N4O9.C25H36N5O17P3.C22H29IN4O8/c1-16(34)8-6-7-9-17-10-20(32(37)38)19(11-22(17)39-5)25(28(2,3)4)40-15-18-13-31(27(36)30-26(18)29)24-12-21(35)23(14-33)41-24;1-25(2,3)22(16-9-19(42-4)14(6-5-7-26)8-17(16)30(33)34)43-12-15-11-29(24(32)28-23(15)27)21-10-18(31)20(45-21)13-44-49(38,39)47-50(40,41)46-48(35,36)37;1-22(2,3)19(12-5-16(33-4)13(23)6-14(12)27(31)32)34-10-11-8-26(21(30)25-20(11)24)18-7-15(29)17(9-28)35-18/h10-11,13,21,23-25,33,35H,6,8,12,14-15H2,1-5H3,(H2,29,30,36);8-9,11,18,20-22,31H,7,10,12-13,26H2,1-4H3,(H,38,39)(H,40,41)(H2,27,28,32)(H2,35,36,37);5-6,8,15,17-19,28-29H,7,9-10H2,1-4H3,(H2,24,25,30)/t21?,23-,24-,25-;18?,20-,21-,22-;15?,17-,18-,19-/m111/s1. The number of nitro benzene ring substituents is 3. The number of Topliss-reactive ketones (excluding diaryl/α,β-unsaturated/α-hetero) is 1. The molecule has 3 aliphatic rings. The number of phosphoric ester groups is 1. The summed E-state index contributed by atoms with van der Waals surface area (Å²) in [6.45, 7) is 15.6. The molecule has 3 fully saturated rings. The minimum absolute atomic E-state index is 0.00766. The molecule has 126 heavy (non-hydrogen) atoms. The van der Waals surface area contributed by atoms with Crippen LogP contribution in [0.4, 0.5) is 34.5 Å². The molecule has 0 aliphatic carbocycles. The molecule has 5 unspecified atom stereocenters. The van der Waals surface area contributed by atoms with Crippen molar-refractivity contribution in [2.75, 3.05) is 64.9 Å². The predicted octanol–water partition coefficient (Wildman–Crippen LogP) is 6.05. The van der Waals surface area contributed by atoms with Crippen LogP contribution in [-0.4, -0.2) is 179 Å². The molecule has 3 aromatic heterocycles. The van der Waals surface area contributed by atoms with Gasteiger partial charge in [0, 0.05) is 85.6 Å². The summed E-state index contributed by atoms with van der Waals surface area (Å²) >= 11 is 1.97. The number of nitrogens with zero attached hydrogens (tertiary/aromatic N) is 9. The van der Waals surface area contributed by atoms with E-state index in [0.717, 1.165) is 4.57 Å². The van der Waals surface area contributed by atoms with Crippen molar-refractivity contribution in [1.29, 1.82) is 0 Å². The van der Waals surface area contributed by atoms with Crippen LogP contribution in [0.5, 0.6) is 17.2 Å². The van der Waals surface area contributed by atoms with Gasteiger partial charge in [-0.3, -0.25) is 53.4 Å². The highest BCUT2D eigenvalue weighted by molar-refractivity contribution is 14.1. The Balaban J connectivity index is 0.000000263. The van der Waals surface area contributed by atoms with Crippen molar-refractivity contribution >= 4 is 86.4 Å². The Bertz CT molecular complexity index is 5440. The van der Waals surface area contributed by atoms with Gasteiger partial charge in [-0.05, 0) is 64.0 Å². The molecule has 0 spiro atoms. The largest absolute Gasteiger partial charge is 0.496 e. The molecule has 0 radical (unpaired) electrons. The minimum atomic E-state index is -5.78. The molecule has 6 aromatic rings. The Kier molecular flexibility index (Phi) is 36.0. The van der Waals surface area contributed by atoms with Crippen LogP contribution >= 0.6 is 46.1 Å². The number of benzene rings is 3. The number of anilines is 3. The third kappa shape index (κ3) is 27.9. The van der Waals surface area contributed by atoms with Gasteiger partial charge in [0.2, 0.25) is 0 Å². The van der Waals surface area contributed by atoms with E-state index >= 15 is 0 Å². The van der Waals surface area contributed by atoms with E-state index in [0.29, 0.717) is 43.7 Å². The Hall–Kier alpha value is -9.25. The van der Waals surface area contributed by atoms with Crippen molar-refractivity contribution in [1.82, 2.24) is 28.7 Å². The van der Waals surface area contributed by atoms with Crippen molar-refractivity contribution in [3.8, 4) is 40.9 Å². The molecule has 51 heteroatoms. The SMILES string of the molecule is COc1cc([C@@H](OCc2cn([C@H]3CC(O)[C@@H](CO)O3)c(=O)nc2N)C(C)(C)C)c([N+](=O)[O-])cc1C#CCCC(C)=O.COc1cc([C@@H](OCc2cn([C@H]3CC(O)[C@@H](CO)O3)c(=O)nc2N)C(C)(C)C)c([N+](=O)[O-])cc1I.COc1cc([C@@H](OCc2cn([C@H]3CC(O)[C@@H](COP(=O)(O)OP(=O)(O)OP(=O)(O)O)O3)c(=O)nc2N)C(C)(C)C)c([N+](=O)[O-])cc1C#CCN. The van der Waals surface area contributed by atoms with Crippen LogP contribution in [0.1, 0.15) is 183 Å². The Morgan fingerprint density at radius 2 is 0.889 bits per heavy atom. The lowest BCUT2D eigenvalue weighted by Crippen LogP contribution is -2.30. The zero-order valence-corrected chi connectivity index (χ0v) is 75.2. The maximum Gasteiger partial charge on any atom is 0.490 e. The number of phosphoric acid groups is 3. The van der Waals surface area contributed by atoms with Gasteiger partial charge in [-0.25, -0.2) is 28.1 Å². The first-order chi connectivity index (χ1) is 58.6. The highest BCUT2D eigenvalue weighted by atomic mass is 127. The molecule has 47 nitrogen and oxygen atoms in total. The molecule has 0 bridgehead atoms. The number of rotatable bonds is 32. The quantitative estimate of drug-likeness (QED) is 0.00751. The van der Waals surface area contributed by atoms with Crippen LogP contribution in [0.3, 0.4) is 0 Å². The van der Waals surface area contributed by atoms with Gasteiger partial charge in [-0.2, -0.15) is 23.6 Å². The van der Waals surface area contributed by atoms with Gasteiger partial charge >= 0.3 is 40.5 Å². The van der Waals surface area contributed by atoms with Crippen LogP contribution in [-0.2, 0) is 79.9 Å². The number of nitro groups is 3. The van der Waals surface area contributed by atoms with Crippen molar-refractivity contribution < 1.29 is 134 Å². The summed E-state index contributed by atoms with van der Waals surface area (Å²) in [6.07, 6.45) is -7.42. The summed E-state index contributed by atoms with van der Waals surface area (Å²) in [6, 6.07) is 8.57. The smallest absolute Gasteiger partial charge is 0.490 e. The Morgan fingerprint density at radius 1 is 0.556 bits per heavy atom. The van der Waals surface area contributed by atoms with Gasteiger partial charge in [-0.1, -0.05) is 86.0 Å². The number of carbonyl (C=O) groups excluding carboxylic acids is 1. The lowest BCUT2D eigenvalue weighted by Gasteiger charge is -2.31. The van der Waals surface area contributed by atoms with Crippen molar-refractivity contribution in [3.05, 3.63) is 165 Å². The number of hydrogen-bond acceptors (Lipinski definition) is 37. The average Bonchev–Trinajstić information content (AvgIpc) is 1.42. The third-order valence-electron chi connectivity index (χ3n) is 19.1. The zero-order valence-electron chi connectivity index (χ0n) is 70.4. The fraction of sp³-hybridized carbons (Fsp3) is 0.533. The third-order valence-corrected chi connectivity index (χ3v) is 23.7. The van der Waals surface area contributed by atoms with Crippen molar-refractivity contribution in [2.24, 2.45) is 22.0 Å². The number of aliphatic hydroxyl groups is 5. The van der Waals surface area contributed by atoms with Crippen LogP contribution in [0.15, 0.2) is 69.4 Å². The van der Waals surface area contributed by atoms with E-state index in [4.69, 9.17) is 75.4 Å². The van der Waals surface area contributed by atoms with E-state index in [9.17, 15) is 98.5 Å². The van der Waals surface area contributed by atoms with Gasteiger partial charge in [-0.15, -0.1) is 0 Å². The summed E-state index contributed by atoms with van der Waals surface area (Å²) in [7, 11) is -12.6. The Morgan fingerprint density at radius 3 is 1.20 bits per heavy atom. The molecule has 3 aromatic carbocycles. The molecular weight excluding hydrogens is 1850 g/mol. The molecule has 6 heterocycles. The van der Waals surface area contributed by atoms with Gasteiger partial charge in [0.25, 0.3) is 17.1 Å². The normalized spacial score (nSPS) is 20.5. The van der Waals surface area contributed by atoms with E-state index in [1.54, 1.807) is 26.8 Å². The second kappa shape index (κ2) is 43.7. The number of ether oxygens (including phenoxy) is 9. The van der Waals surface area contributed by atoms with Crippen LogP contribution in [0.2, 0.25) is 0 Å². The second-order valence-corrected chi connectivity index (χ2v) is 37.4. The van der Waals surface area contributed by atoms with Gasteiger partial charge in [0.05, 0.1) is 150 Å². The fourth-order valence-corrected chi connectivity index (χ4v) is 16.8. The minimum Gasteiger partial charge on any atom is -0.496 e. The van der Waals surface area contributed by atoms with Gasteiger partial charge < -0.3 is 111 Å². The molecule has 0 saturated carbocycles. The first kappa shape index (κ1) is 104. The van der Waals surface area contributed by atoms with E-state index in [-0.39, 0.29) is 120 Å². The fourth-order valence-electron chi connectivity index (χ4n) is 13.1. The van der Waals surface area contributed by atoms with Gasteiger partial charge in [0.1, 0.15) is 77.5 Å². The first-order valence-corrected chi connectivity index (χ1v) is 43.6. The molecule has 692 valence electrons. The van der Waals surface area contributed by atoms with Crippen LogP contribution < -0.4 is 54.2 Å². The number of nitrogen functional groups attached to an aromatic ring is 3. The number of methoxy groups -OCH3 is 3. The Labute approximate surface area is 732 Å². The van der Waals surface area contributed by atoms with E-state index in [1.165, 1.54) is 86.3 Å². The highest BCUT2D eigenvalue weighted by Gasteiger charge is 2.45. The first-order valence-electron chi connectivity index (χ1n) is 38.0. The van der Waals surface area contributed by atoms with E-state index in [1.807, 2.05) is 64.1 Å². The summed E-state index contributed by atoms with van der Waals surface area (Å²) in [5.41, 5.74) is 20.7. The summed E-state index contributed by atoms with van der Waals surface area (Å²) < 4.78 is 102. The lowest BCUT2D eigenvalue weighted by atomic mass is 9.83. The molecule has 9 rings (SSSR count). The van der Waals surface area contributed by atoms with Crippen molar-refractivity contribution in [3.63, 3.8) is 0 Å². The van der Waals surface area contributed by atoms with Gasteiger partial charge in [0.15, 0.2) is 0 Å². The van der Waals surface area contributed by atoms with Crippen LogP contribution in [0, 0.1) is 73.8 Å². The summed E-state index contributed by atoms with van der Waals surface area (Å²) in [5, 5.41) is 85.4. The zero-order chi connectivity index (χ0) is 94.4. The molecule has 3 saturated heterocycles. The van der Waals surface area contributed by atoms with Crippen LogP contribution in [0.25, 0.3) is 0 Å². The number of carbonyl (C=O) groups is 1. The predicted molar refractivity (Wildman–Crippen MR) is 452 cm³/mol. The maximum absolute atomic E-state index is 12.8. The molecule has 17 N–H and O–H groups in total. The average molecular weight is 1950 g/mol. The number of aliphatic hydroxyl groups excluding tert-OH is 5. The topological polar surface area (TPSA) is 699 Å². The number of aromatic nitrogens is 6. The molecule has 0 amide bonds. The van der Waals surface area contributed by atoms with Crippen molar-refractivity contribution in [2.45, 2.75) is 195 Å². The summed E-state index contributed by atoms with van der Waals surface area (Å²) in [5.74, 6) is 11.7. The maximum atomic E-state index is 12.8.